The van der Waals surface area contributed by atoms with Crippen molar-refractivity contribution in [2.45, 2.75) is 37.5 Å². The first-order chi connectivity index (χ1) is 6.43. The van der Waals surface area contributed by atoms with E-state index in [0.29, 0.717) is 0 Å². The fourth-order valence-corrected chi connectivity index (χ4v) is 2.17. The Morgan fingerprint density at radius 1 is 1.00 bits per heavy atom. The van der Waals surface area contributed by atoms with E-state index < -0.39 is 0 Å². The number of hydrogen-bond donors (Lipinski definition) is 0. The van der Waals surface area contributed by atoms with E-state index in [9.17, 15) is 0 Å². The van der Waals surface area contributed by atoms with Crippen molar-refractivity contribution in [2.24, 2.45) is 0 Å². The van der Waals surface area contributed by atoms with Gasteiger partial charge in [-0.25, -0.2) is 0 Å². The molecule has 0 atom stereocenters. The minimum atomic E-state index is 1.27. The maximum atomic E-state index is 2.25. The van der Waals surface area contributed by atoms with Gasteiger partial charge in [-0.15, -0.1) is 11.8 Å². The summed E-state index contributed by atoms with van der Waals surface area (Å²) in [5.41, 5.74) is 0. The van der Waals surface area contributed by atoms with Gasteiger partial charge in [0.15, 0.2) is 0 Å². The van der Waals surface area contributed by atoms with Crippen LogP contribution in [0.2, 0.25) is 0 Å². The summed E-state index contributed by atoms with van der Waals surface area (Å²) in [6.07, 6.45) is 5.45. The molecule has 0 unspecified atom stereocenters. The molecule has 1 rings (SSSR count). The molecule has 0 aromatic heterocycles. The lowest BCUT2D eigenvalue weighted by atomic mass is 10.2. The lowest BCUT2D eigenvalue weighted by Crippen LogP contribution is -1.80. The minimum Gasteiger partial charge on any atom is -0.126 e. The molecular formula is C12H18S. The van der Waals surface area contributed by atoms with E-state index in [1.807, 2.05) is 11.8 Å². The van der Waals surface area contributed by atoms with Crippen molar-refractivity contribution in [3.8, 4) is 0 Å². The van der Waals surface area contributed by atoms with Crippen LogP contribution in [0.3, 0.4) is 0 Å². The van der Waals surface area contributed by atoms with Crippen LogP contribution in [0.1, 0.15) is 32.6 Å². The molecular weight excluding hydrogens is 176 g/mol. The smallest absolute Gasteiger partial charge is 0.00719 e. The predicted molar refractivity (Wildman–Crippen MR) is 61.3 cm³/mol. The first-order valence-corrected chi connectivity index (χ1v) is 6.10. The Bertz CT molecular complexity index is 206. The molecule has 0 saturated heterocycles. The quantitative estimate of drug-likeness (QED) is 0.479. The van der Waals surface area contributed by atoms with Gasteiger partial charge in [0, 0.05) is 4.90 Å². The van der Waals surface area contributed by atoms with Crippen molar-refractivity contribution in [2.75, 3.05) is 5.75 Å². The summed E-state index contributed by atoms with van der Waals surface area (Å²) in [6.45, 7) is 2.25. The topological polar surface area (TPSA) is 0 Å². The fourth-order valence-electron chi connectivity index (χ4n) is 1.24. The number of hydrogen-bond acceptors (Lipinski definition) is 1. The molecule has 1 aromatic carbocycles. The highest BCUT2D eigenvalue weighted by Gasteiger charge is 1.91. The van der Waals surface area contributed by atoms with E-state index in [4.69, 9.17) is 0 Å². The fraction of sp³-hybridized carbons (Fsp3) is 0.500. The van der Waals surface area contributed by atoms with Crippen molar-refractivity contribution < 1.29 is 0 Å². The van der Waals surface area contributed by atoms with Crippen LogP contribution in [0.4, 0.5) is 0 Å². The summed E-state index contributed by atoms with van der Waals surface area (Å²) in [4.78, 5) is 1.40. The van der Waals surface area contributed by atoms with Crippen LogP contribution in [0.5, 0.6) is 0 Å². The summed E-state index contributed by atoms with van der Waals surface area (Å²) in [7, 11) is 0. The summed E-state index contributed by atoms with van der Waals surface area (Å²) in [5, 5.41) is 0. The van der Waals surface area contributed by atoms with Gasteiger partial charge in [0.2, 0.25) is 0 Å². The Kier molecular flexibility index (Phi) is 5.75. The van der Waals surface area contributed by atoms with Crippen LogP contribution in [0, 0.1) is 0 Å². The normalized spacial score (nSPS) is 10.2. The van der Waals surface area contributed by atoms with Crippen LogP contribution in [0.25, 0.3) is 0 Å². The molecule has 0 aliphatic carbocycles. The van der Waals surface area contributed by atoms with E-state index in [2.05, 4.69) is 37.3 Å². The van der Waals surface area contributed by atoms with E-state index in [0.717, 1.165) is 0 Å². The Hall–Kier alpha value is -0.430. The number of thioether (sulfide) groups is 1. The molecule has 0 fully saturated rings. The number of unbranched alkanes of at least 4 members (excludes halogenated alkanes) is 3. The molecule has 0 amide bonds. The molecule has 0 radical (unpaired) electrons. The predicted octanol–water partition coefficient (Wildman–Crippen LogP) is 4.36. The van der Waals surface area contributed by atoms with Crippen molar-refractivity contribution >= 4 is 11.8 Å². The molecule has 0 aliphatic rings. The Morgan fingerprint density at radius 2 is 1.77 bits per heavy atom. The molecule has 0 aliphatic heterocycles. The summed E-state index contributed by atoms with van der Waals surface area (Å²) < 4.78 is 0. The standard InChI is InChI=1S/C12H18S/c1-2-3-4-8-11-13-12-9-6-5-7-10-12/h5-7,9-10H,2-4,8,11H2,1H3. The largest absolute Gasteiger partial charge is 0.126 e. The molecule has 0 nitrogen and oxygen atoms in total. The van der Waals surface area contributed by atoms with Gasteiger partial charge in [0.1, 0.15) is 0 Å². The summed E-state index contributed by atoms with van der Waals surface area (Å²) in [6, 6.07) is 10.7. The molecule has 0 bridgehead atoms. The third-order valence-corrected chi connectivity index (χ3v) is 3.11. The zero-order chi connectivity index (χ0) is 9.36. The van der Waals surface area contributed by atoms with Gasteiger partial charge >= 0.3 is 0 Å². The lowest BCUT2D eigenvalue weighted by Gasteiger charge is -2.00. The third kappa shape index (κ3) is 4.99. The van der Waals surface area contributed by atoms with Gasteiger partial charge in [0.25, 0.3) is 0 Å². The maximum absolute atomic E-state index is 2.25. The summed E-state index contributed by atoms with van der Waals surface area (Å²) in [5.74, 6) is 1.27. The van der Waals surface area contributed by atoms with Gasteiger partial charge in [-0.3, -0.25) is 0 Å². The number of benzene rings is 1. The van der Waals surface area contributed by atoms with E-state index in [1.165, 1.54) is 36.3 Å². The van der Waals surface area contributed by atoms with Crippen molar-refractivity contribution in [3.05, 3.63) is 30.3 Å². The highest BCUT2D eigenvalue weighted by molar-refractivity contribution is 7.99. The highest BCUT2D eigenvalue weighted by Crippen LogP contribution is 2.18. The zero-order valence-corrected chi connectivity index (χ0v) is 9.15. The van der Waals surface area contributed by atoms with Gasteiger partial charge in [-0.1, -0.05) is 44.4 Å². The van der Waals surface area contributed by atoms with E-state index in [-0.39, 0.29) is 0 Å². The first-order valence-electron chi connectivity index (χ1n) is 5.11. The first kappa shape index (κ1) is 10.6. The van der Waals surface area contributed by atoms with E-state index >= 15 is 0 Å². The van der Waals surface area contributed by atoms with Crippen LogP contribution in [-0.2, 0) is 0 Å². The molecule has 0 N–H and O–H groups in total. The zero-order valence-electron chi connectivity index (χ0n) is 8.33. The third-order valence-electron chi connectivity index (χ3n) is 2.01. The SMILES string of the molecule is CCCCCCSc1ccccc1. The minimum absolute atomic E-state index is 1.27. The van der Waals surface area contributed by atoms with E-state index in [1.54, 1.807) is 0 Å². The average molecular weight is 194 g/mol. The molecule has 0 saturated carbocycles. The van der Waals surface area contributed by atoms with Crippen LogP contribution in [0.15, 0.2) is 35.2 Å². The van der Waals surface area contributed by atoms with Gasteiger partial charge in [0.05, 0.1) is 0 Å². The second kappa shape index (κ2) is 7.02. The van der Waals surface area contributed by atoms with Gasteiger partial charge in [-0.2, -0.15) is 0 Å². The molecule has 0 heterocycles. The van der Waals surface area contributed by atoms with Crippen LogP contribution < -0.4 is 0 Å². The Morgan fingerprint density at radius 3 is 2.46 bits per heavy atom. The maximum Gasteiger partial charge on any atom is 0.00719 e. The number of rotatable bonds is 6. The monoisotopic (exact) mass is 194 g/mol. The summed E-state index contributed by atoms with van der Waals surface area (Å²) >= 11 is 1.97. The van der Waals surface area contributed by atoms with Crippen LogP contribution >= 0.6 is 11.8 Å². The average Bonchev–Trinajstić information content (AvgIpc) is 2.19. The molecule has 13 heavy (non-hydrogen) atoms. The van der Waals surface area contributed by atoms with Crippen LogP contribution in [-0.4, -0.2) is 5.75 Å². The van der Waals surface area contributed by atoms with Gasteiger partial charge in [-0.05, 0) is 24.3 Å². The highest BCUT2D eigenvalue weighted by atomic mass is 32.2. The van der Waals surface area contributed by atoms with Crippen molar-refractivity contribution in [1.29, 1.82) is 0 Å². The molecule has 1 heteroatoms. The Balaban J connectivity index is 2.07. The molecule has 1 aromatic rings. The Labute approximate surface area is 85.7 Å². The lowest BCUT2D eigenvalue weighted by molar-refractivity contribution is 0.706. The van der Waals surface area contributed by atoms with Crippen molar-refractivity contribution in [1.82, 2.24) is 0 Å². The second-order valence-corrected chi connectivity index (χ2v) is 4.39. The van der Waals surface area contributed by atoms with Crippen molar-refractivity contribution in [3.63, 3.8) is 0 Å². The molecule has 0 spiro atoms. The molecule has 72 valence electrons. The van der Waals surface area contributed by atoms with Gasteiger partial charge < -0.3 is 0 Å². The second-order valence-electron chi connectivity index (χ2n) is 3.22.